The van der Waals surface area contributed by atoms with E-state index in [1.807, 2.05) is 6.07 Å². The summed E-state index contributed by atoms with van der Waals surface area (Å²) in [6, 6.07) is 8.41. The second kappa shape index (κ2) is 4.13. The van der Waals surface area contributed by atoms with Crippen molar-refractivity contribution in [3.05, 3.63) is 53.3 Å². The predicted octanol–water partition coefficient (Wildman–Crippen LogP) is 3.05. The Morgan fingerprint density at radius 2 is 2.00 bits per heavy atom. The molecule has 1 aromatic heterocycles. The molecule has 0 amide bonds. The number of pyridine rings is 1. The zero-order chi connectivity index (χ0) is 11.7. The molecular weight excluding hydrogens is 210 g/mol. The Balaban J connectivity index is 2.12. The maximum atomic E-state index is 11.0. The van der Waals surface area contributed by atoms with Crippen LogP contribution in [0.3, 0.4) is 0 Å². The van der Waals surface area contributed by atoms with Gasteiger partial charge < -0.3 is 0 Å². The Morgan fingerprint density at radius 1 is 1.12 bits per heavy atom. The highest BCUT2D eigenvalue weighted by Crippen LogP contribution is 2.29. The minimum Gasteiger partial charge on any atom is -0.298 e. The van der Waals surface area contributed by atoms with Gasteiger partial charge in [0, 0.05) is 18.0 Å². The lowest BCUT2D eigenvalue weighted by molar-refractivity contribution is 0.112. The molecule has 0 N–H and O–H groups in total. The number of rotatable bonds is 2. The number of benzene rings is 1. The minimum absolute atomic E-state index is 0.658. The van der Waals surface area contributed by atoms with Crippen molar-refractivity contribution in [1.82, 2.24) is 4.98 Å². The number of carbonyl (C=O) groups excluding carboxylic acids is 1. The number of fused-ring (bicyclic) bond motifs is 1. The van der Waals surface area contributed by atoms with Crippen molar-refractivity contribution in [3.8, 4) is 11.1 Å². The average molecular weight is 223 g/mol. The fourth-order valence-electron chi connectivity index (χ4n) is 2.50. The van der Waals surface area contributed by atoms with Crippen molar-refractivity contribution in [2.45, 2.75) is 19.3 Å². The van der Waals surface area contributed by atoms with E-state index in [2.05, 4.69) is 23.2 Å². The van der Waals surface area contributed by atoms with Gasteiger partial charge in [-0.3, -0.25) is 9.78 Å². The molecule has 0 aliphatic heterocycles. The molecular formula is C15H13NO. The van der Waals surface area contributed by atoms with Crippen LogP contribution < -0.4 is 0 Å². The lowest BCUT2D eigenvalue weighted by Gasteiger charge is -2.07. The normalized spacial score (nSPS) is 13.4. The number of carbonyl (C=O) groups is 1. The maximum absolute atomic E-state index is 11.0. The van der Waals surface area contributed by atoms with Crippen LogP contribution in [-0.2, 0) is 12.8 Å². The first kappa shape index (κ1) is 10.2. The van der Waals surface area contributed by atoms with Gasteiger partial charge in [-0.1, -0.05) is 18.2 Å². The summed E-state index contributed by atoms with van der Waals surface area (Å²) < 4.78 is 0. The Labute approximate surface area is 100 Å². The van der Waals surface area contributed by atoms with Crippen LogP contribution in [0.25, 0.3) is 11.1 Å². The van der Waals surface area contributed by atoms with Crippen LogP contribution in [0.2, 0.25) is 0 Å². The van der Waals surface area contributed by atoms with Gasteiger partial charge in [-0.2, -0.15) is 0 Å². The molecule has 2 heteroatoms. The van der Waals surface area contributed by atoms with Crippen molar-refractivity contribution in [1.29, 1.82) is 0 Å². The van der Waals surface area contributed by atoms with Gasteiger partial charge in [-0.05, 0) is 47.6 Å². The number of hydrogen-bond acceptors (Lipinski definition) is 2. The Hall–Kier alpha value is -1.96. The van der Waals surface area contributed by atoms with Crippen LogP contribution >= 0.6 is 0 Å². The van der Waals surface area contributed by atoms with E-state index in [0.29, 0.717) is 5.56 Å². The summed E-state index contributed by atoms with van der Waals surface area (Å²) >= 11 is 0. The van der Waals surface area contributed by atoms with Crippen LogP contribution in [0.5, 0.6) is 0 Å². The third kappa shape index (κ3) is 1.76. The van der Waals surface area contributed by atoms with Crippen LogP contribution in [0.1, 0.15) is 27.9 Å². The third-order valence-corrected chi connectivity index (χ3v) is 3.39. The zero-order valence-electron chi connectivity index (χ0n) is 9.52. The van der Waals surface area contributed by atoms with E-state index < -0.39 is 0 Å². The van der Waals surface area contributed by atoms with Crippen LogP contribution in [0.4, 0.5) is 0 Å². The Bertz CT molecular complexity index is 575. The lowest BCUT2D eigenvalue weighted by Crippen LogP contribution is -1.90. The average Bonchev–Trinajstić information content (AvgIpc) is 2.85. The van der Waals surface area contributed by atoms with Crippen molar-refractivity contribution < 1.29 is 4.79 Å². The van der Waals surface area contributed by atoms with Gasteiger partial charge in [-0.15, -0.1) is 0 Å². The summed E-state index contributed by atoms with van der Waals surface area (Å²) in [4.78, 5) is 15.0. The first-order valence-corrected chi connectivity index (χ1v) is 5.90. The summed E-state index contributed by atoms with van der Waals surface area (Å²) in [6.45, 7) is 0. The van der Waals surface area contributed by atoms with E-state index in [1.165, 1.54) is 24.0 Å². The molecule has 1 aliphatic carbocycles. The second-order valence-corrected chi connectivity index (χ2v) is 4.42. The predicted molar refractivity (Wildman–Crippen MR) is 67.1 cm³/mol. The minimum atomic E-state index is 0.658. The SMILES string of the molecule is O=Cc1cnccc1-c1ccc2c(c1)CCC2. The highest BCUT2D eigenvalue weighted by Gasteiger charge is 2.12. The molecule has 0 fully saturated rings. The Kier molecular flexibility index (Phi) is 2.48. The molecule has 3 rings (SSSR count). The summed E-state index contributed by atoms with van der Waals surface area (Å²) in [6.07, 6.45) is 7.81. The molecule has 0 atom stereocenters. The highest BCUT2D eigenvalue weighted by atomic mass is 16.1. The molecule has 1 aromatic carbocycles. The van der Waals surface area contributed by atoms with E-state index in [4.69, 9.17) is 0 Å². The lowest BCUT2D eigenvalue weighted by atomic mass is 9.98. The van der Waals surface area contributed by atoms with Gasteiger partial charge in [0.05, 0.1) is 0 Å². The molecule has 84 valence electrons. The van der Waals surface area contributed by atoms with Gasteiger partial charge in [0.1, 0.15) is 0 Å². The standard InChI is InChI=1S/C15H13NO/c17-10-14-9-16-7-6-15(14)13-5-4-11-2-1-3-12(11)8-13/h4-10H,1-3H2. The summed E-state index contributed by atoms with van der Waals surface area (Å²) in [5, 5.41) is 0. The molecule has 0 saturated heterocycles. The first-order valence-electron chi connectivity index (χ1n) is 5.90. The molecule has 0 saturated carbocycles. The molecule has 1 aliphatic rings. The highest BCUT2D eigenvalue weighted by molar-refractivity contribution is 5.87. The largest absolute Gasteiger partial charge is 0.298 e. The molecule has 0 unspecified atom stereocenters. The number of aldehydes is 1. The van der Waals surface area contributed by atoms with Crippen LogP contribution in [-0.4, -0.2) is 11.3 Å². The maximum Gasteiger partial charge on any atom is 0.152 e. The van der Waals surface area contributed by atoms with Gasteiger partial charge in [-0.25, -0.2) is 0 Å². The summed E-state index contributed by atoms with van der Waals surface area (Å²) in [5.41, 5.74) is 5.64. The van der Waals surface area contributed by atoms with Crippen molar-refractivity contribution in [2.75, 3.05) is 0 Å². The Morgan fingerprint density at radius 3 is 2.88 bits per heavy atom. The van der Waals surface area contributed by atoms with E-state index >= 15 is 0 Å². The molecule has 17 heavy (non-hydrogen) atoms. The monoisotopic (exact) mass is 223 g/mol. The van der Waals surface area contributed by atoms with E-state index in [-0.39, 0.29) is 0 Å². The number of aromatic nitrogens is 1. The third-order valence-electron chi connectivity index (χ3n) is 3.39. The van der Waals surface area contributed by atoms with E-state index in [1.54, 1.807) is 12.4 Å². The van der Waals surface area contributed by atoms with Crippen molar-refractivity contribution in [2.24, 2.45) is 0 Å². The van der Waals surface area contributed by atoms with Crippen LogP contribution in [0.15, 0.2) is 36.7 Å². The molecule has 2 nitrogen and oxygen atoms in total. The van der Waals surface area contributed by atoms with Gasteiger partial charge >= 0.3 is 0 Å². The summed E-state index contributed by atoms with van der Waals surface area (Å²) in [7, 11) is 0. The fraction of sp³-hybridized carbons (Fsp3) is 0.200. The van der Waals surface area contributed by atoms with Gasteiger partial charge in [0.15, 0.2) is 6.29 Å². The first-order chi connectivity index (χ1) is 8.38. The van der Waals surface area contributed by atoms with E-state index in [0.717, 1.165) is 23.8 Å². The van der Waals surface area contributed by atoms with E-state index in [9.17, 15) is 4.79 Å². The van der Waals surface area contributed by atoms with Gasteiger partial charge in [0.25, 0.3) is 0 Å². The molecule has 0 spiro atoms. The molecule has 1 heterocycles. The quantitative estimate of drug-likeness (QED) is 0.732. The number of hydrogen-bond donors (Lipinski definition) is 0. The van der Waals surface area contributed by atoms with Crippen molar-refractivity contribution >= 4 is 6.29 Å². The summed E-state index contributed by atoms with van der Waals surface area (Å²) in [5.74, 6) is 0. The van der Waals surface area contributed by atoms with Crippen LogP contribution in [0, 0.1) is 0 Å². The van der Waals surface area contributed by atoms with Crippen molar-refractivity contribution in [3.63, 3.8) is 0 Å². The topological polar surface area (TPSA) is 30.0 Å². The smallest absolute Gasteiger partial charge is 0.152 e. The second-order valence-electron chi connectivity index (χ2n) is 4.42. The molecule has 0 radical (unpaired) electrons. The zero-order valence-corrected chi connectivity index (χ0v) is 9.52. The fourth-order valence-corrected chi connectivity index (χ4v) is 2.50. The number of nitrogens with zero attached hydrogens (tertiary/aromatic N) is 1. The molecule has 2 aromatic rings. The van der Waals surface area contributed by atoms with Gasteiger partial charge in [0.2, 0.25) is 0 Å². The molecule has 0 bridgehead atoms. The number of aryl methyl sites for hydroxylation is 2.